The summed E-state index contributed by atoms with van der Waals surface area (Å²) in [5.41, 5.74) is 7.20. The van der Waals surface area contributed by atoms with E-state index in [9.17, 15) is 0 Å². The average molecular weight is 275 g/mol. The van der Waals surface area contributed by atoms with Crippen LogP contribution >= 0.6 is 23.2 Å². The van der Waals surface area contributed by atoms with E-state index in [0.717, 1.165) is 25.2 Å². The maximum atomic E-state index is 5.99. The second-order valence-electron chi connectivity index (χ2n) is 4.69. The van der Waals surface area contributed by atoms with Gasteiger partial charge in [0, 0.05) is 18.7 Å². The quantitative estimate of drug-likeness (QED) is 0.834. The van der Waals surface area contributed by atoms with Crippen molar-refractivity contribution < 1.29 is 4.74 Å². The van der Waals surface area contributed by atoms with Gasteiger partial charge in [-0.15, -0.1) is 0 Å². The van der Waals surface area contributed by atoms with Crippen LogP contribution in [0.25, 0.3) is 0 Å². The van der Waals surface area contributed by atoms with Crippen molar-refractivity contribution in [2.24, 2.45) is 0 Å². The number of hydrogen-bond donors (Lipinski definition) is 2. The van der Waals surface area contributed by atoms with Crippen LogP contribution in [0.2, 0.25) is 10.0 Å². The molecule has 1 aliphatic rings. The number of anilines is 1. The molecule has 5 heteroatoms. The molecule has 0 radical (unpaired) electrons. The molecule has 1 aromatic carbocycles. The van der Waals surface area contributed by atoms with Crippen LogP contribution in [0.1, 0.15) is 18.9 Å². The Hall–Kier alpha value is -0.480. The second kappa shape index (κ2) is 5.02. The highest BCUT2D eigenvalue weighted by atomic mass is 35.5. The molecule has 3 N–H and O–H groups in total. The van der Waals surface area contributed by atoms with Crippen LogP contribution in [0.15, 0.2) is 12.1 Å². The molecule has 2 rings (SSSR count). The third-order valence-corrected chi connectivity index (χ3v) is 3.70. The van der Waals surface area contributed by atoms with Crippen molar-refractivity contribution in [2.45, 2.75) is 25.4 Å². The summed E-state index contributed by atoms with van der Waals surface area (Å²) in [5.74, 6) is 0. The number of nitrogen functional groups attached to an aromatic ring is 1. The molecule has 0 saturated carbocycles. The molecule has 0 amide bonds. The third kappa shape index (κ3) is 3.05. The molecule has 1 aliphatic heterocycles. The Kier molecular flexibility index (Phi) is 3.83. The fraction of sp³-hybridized carbons (Fsp3) is 0.500. The van der Waals surface area contributed by atoms with E-state index in [2.05, 4.69) is 12.2 Å². The first-order valence-corrected chi connectivity index (χ1v) is 6.32. The van der Waals surface area contributed by atoms with Gasteiger partial charge in [0.1, 0.15) is 0 Å². The van der Waals surface area contributed by atoms with Gasteiger partial charge in [0.25, 0.3) is 0 Å². The number of ether oxygens (including phenoxy) is 1. The van der Waals surface area contributed by atoms with Crippen LogP contribution in [0, 0.1) is 0 Å². The van der Waals surface area contributed by atoms with Gasteiger partial charge in [-0.05, 0) is 31.0 Å². The smallest absolute Gasteiger partial charge is 0.0693 e. The Morgan fingerprint density at radius 2 is 2.06 bits per heavy atom. The highest BCUT2D eigenvalue weighted by Crippen LogP contribution is 2.29. The summed E-state index contributed by atoms with van der Waals surface area (Å²) in [7, 11) is 0. The lowest BCUT2D eigenvalue weighted by atomic mass is 10.0. The Labute approximate surface area is 111 Å². The first-order chi connectivity index (χ1) is 8.00. The first-order valence-electron chi connectivity index (χ1n) is 5.56. The van der Waals surface area contributed by atoms with Crippen LogP contribution in [0.3, 0.4) is 0 Å². The number of nitrogens with two attached hydrogens (primary N) is 1. The summed E-state index contributed by atoms with van der Waals surface area (Å²) in [6.07, 6.45) is 1.02. The van der Waals surface area contributed by atoms with Crippen LogP contribution in [0.5, 0.6) is 0 Å². The maximum absolute atomic E-state index is 5.99. The number of hydrogen-bond acceptors (Lipinski definition) is 3. The lowest BCUT2D eigenvalue weighted by Crippen LogP contribution is -2.42. The van der Waals surface area contributed by atoms with Gasteiger partial charge in [-0.25, -0.2) is 0 Å². The minimum atomic E-state index is 0.0420. The fourth-order valence-electron chi connectivity index (χ4n) is 1.86. The van der Waals surface area contributed by atoms with Gasteiger partial charge >= 0.3 is 0 Å². The summed E-state index contributed by atoms with van der Waals surface area (Å²) >= 11 is 12.0. The fourth-order valence-corrected chi connectivity index (χ4v) is 2.39. The maximum Gasteiger partial charge on any atom is 0.0693 e. The third-order valence-electron chi connectivity index (χ3n) is 3.08. The van der Waals surface area contributed by atoms with E-state index in [0.29, 0.717) is 22.3 Å². The van der Waals surface area contributed by atoms with E-state index >= 15 is 0 Å². The van der Waals surface area contributed by atoms with E-state index in [1.54, 1.807) is 0 Å². The normalized spacial score (nSPS) is 24.2. The SMILES string of the molecule is CC1(NCc2cc(Cl)c(N)c(Cl)c2)CCOC1. The highest BCUT2D eigenvalue weighted by molar-refractivity contribution is 6.38. The number of halogens is 2. The predicted molar refractivity (Wildman–Crippen MR) is 71.6 cm³/mol. The zero-order valence-corrected chi connectivity index (χ0v) is 11.2. The highest BCUT2D eigenvalue weighted by Gasteiger charge is 2.28. The van der Waals surface area contributed by atoms with Crippen LogP contribution in [-0.2, 0) is 11.3 Å². The first kappa shape index (κ1) is 13.0. The number of rotatable bonds is 3. The molecule has 1 saturated heterocycles. The molecule has 1 unspecified atom stereocenters. The summed E-state index contributed by atoms with van der Waals surface area (Å²) in [4.78, 5) is 0. The van der Waals surface area contributed by atoms with Crippen molar-refractivity contribution in [3.05, 3.63) is 27.7 Å². The van der Waals surface area contributed by atoms with Gasteiger partial charge < -0.3 is 15.8 Å². The summed E-state index contributed by atoms with van der Waals surface area (Å²) in [5, 5.41) is 4.47. The van der Waals surface area contributed by atoms with Crippen LogP contribution in [0.4, 0.5) is 5.69 Å². The molecule has 94 valence electrons. The van der Waals surface area contributed by atoms with E-state index in [-0.39, 0.29) is 5.54 Å². The molecule has 0 aliphatic carbocycles. The predicted octanol–water partition coefficient (Wildman–Crippen LogP) is 2.84. The molecule has 1 atom stereocenters. The molecule has 0 bridgehead atoms. The number of benzene rings is 1. The monoisotopic (exact) mass is 274 g/mol. The zero-order chi connectivity index (χ0) is 12.5. The molecule has 3 nitrogen and oxygen atoms in total. The van der Waals surface area contributed by atoms with Crippen LogP contribution < -0.4 is 11.1 Å². The minimum Gasteiger partial charge on any atom is -0.396 e. The molecule has 17 heavy (non-hydrogen) atoms. The van der Waals surface area contributed by atoms with Gasteiger partial charge in [0.05, 0.1) is 22.3 Å². The Balaban J connectivity index is 2.04. The lowest BCUT2D eigenvalue weighted by molar-refractivity contribution is 0.171. The molecular weight excluding hydrogens is 259 g/mol. The van der Waals surface area contributed by atoms with Crippen LogP contribution in [-0.4, -0.2) is 18.8 Å². The molecule has 0 aromatic heterocycles. The molecule has 0 spiro atoms. The van der Waals surface area contributed by atoms with Crippen molar-refractivity contribution in [2.75, 3.05) is 18.9 Å². The average Bonchev–Trinajstić information content (AvgIpc) is 2.71. The van der Waals surface area contributed by atoms with E-state index in [1.807, 2.05) is 12.1 Å². The second-order valence-corrected chi connectivity index (χ2v) is 5.50. The minimum absolute atomic E-state index is 0.0420. The van der Waals surface area contributed by atoms with Gasteiger partial charge in [-0.2, -0.15) is 0 Å². The molecule has 1 aromatic rings. The topological polar surface area (TPSA) is 47.3 Å². The van der Waals surface area contributed by atoms with Crippen molar-refractivity contribution >= 4 is 28.9 Å². The lowest BCUT2D eigenvalue weighted by Gasteiger charge is -2.23. The summed E-state index contributed by atoms with van der Waals surface area (Å²) < 4.78 is 5.38. The van der Waals surface area contributed by atoms with E-state index < -0.39 is 0 Å². The molecule has 1 heterocycles. The van der Waals surface area contributed by atoms with Crippen molar-refractivity contribution in [1.82, 2.24) is 5.32 Å². The van der Waals surface area contributed by atoms with E-state index in [1.165, 1.54) is 0 Å². The largest absolute Gasteiger partial charge is 0.396 e. The number of nitrogens with one attached hydrogen (secondary N) is 1. The Morgan fingerprint density at radius 1 is 1.41 bits per heavy atom. The molecular formula is C12H16Cl2N2O. The summed E-state index contributed by atoms with van der Waals surface area (Å²) in [6.45, 7) is 4.41. The van der Waals surface area contributed by atoms with Gasteiger partial charge in [-0.3, -0.25) is 0 Å². The van der Waals surface area contributed by atoms with Crippen molar-refractivity contribution in [1.29, 1.82) is 0 Å². The van der Waals surface area contributed by atoms with Gasteiger partial charge in [0.15, 0.2) is 0 Å². The van der Waals surface area contributed by atoms with Crippen molar-refractivity contribution in [3.8, 4) is 0 Å². The summed E-state index contributed by atoms with van der Waals surface area (Å²) in [6, 6.07) is 3.68. The zero-order valence-electron chi connectivity index (χ0n) is 9.72. The van der Waals surface area contributed by atoms with E-state index in [4.69, 9.17) is 33.7 Å². The molecule has 1 fully saturated rings. The standard InChI is InChI=1S/C12H16Cl2N2O/c1-12(2-3-17-7-12)16-6-8-4-9(13)11(15)10(14)5-8/h4-5,16H,2-3,6-7,15H2,1H3. The van der Waals surface area contributed by atoms with Gasteiger partial charge in [-0.1, -0.05) is 23.2 Å². The van der Waals surface area contributed by atoms with Crippen molar-refractivity contribution in [3.63, 3.8) is 0 Å². The van der Waals surface area contributed by atoms with Gasteiger partial charge in [0.2, 0.25) is 0 Å². The Bertz CT molecular complexity index is 394. The Morgan fingerprint density at radius 3 is 2.59 bits per heavy atom.